The number of carbonyl (C=O) groups is 2. The van der Waals surface area contributed by atoms with Crippen LogP contribution in [0.25, 0.3) is 0 Å². The fourth-order valence-electron chi connectivity index (χ4n) is 3.98. The van der Waals surface area contributed by atoms with E-state index in [0.717, 1.165) is 11.3 Å². The molecule has 2 amide bonds. The third kappa shape index (κ3) is 7.69. The molecule has 0 saturated heterocycles. The molecule has 0 saturated carbocycles. The SMILES string of the molecule is C=CCn1c(SCC(=O)Nc2ccccc2C(C)C)nnc1[C@@H](CC(C)C)NC(=O)c1ccccc1Cl. The number of benzene rings is 2. The minimum atomic E-state index is -0.391. The molecule has 3 aromatic rings. The number of nitrogens with zero attached hydrogens (tertiary/aromatic N) is 3. The van der Waals surface area contributed by atoms with Crippen molar-refractivity contribution in [1.82, 2.24) is 20.1 Å². The summed E-state index contributed by atoms with van der Waals surface area (Å²) < 4.78 is 1.90. The van der Waals surface area contributed by atoms with Gasteiger partial charge in [-0.15, -0.1) is 16.8 Å². The first kappa shape index (κ1) is 28.5. The van der Waals surface area contributed by atoms with Gasteiger partial charge in [-0.2, -0.15) is 0 Å². The number of hydrogen-bond acceptors (Lipinski definition) is 5. The van der Waals surface area contributed by atoms with E-state index < -0.39 is 6.04 Å². The summed E-state index contributed by atoms with van der Waals surface area (Å²) in [5.41, 5.74) is 2.31. The standard InChI is InChI=1S/C28H34ClN5O2S/c1-6-15-34-26(24(16-18(2)3)31-27(36)21-12-7-9-13-22(21)29)32-33-28(34)37-17-25(35)30-23-14-10-8-11-20(23)19(4)5/h6-14,18-19,24H,1,15-17H2,2-5H3,(H,30,35)(H,31,36)/t24-/m1/s1. The van der Waals surface area contributed by atoms with Crippen LogP contribution < -0.4 is 10.6 Å². The van der Waals surface area contributed by atoms with Crippen LogP contribution in [-0.2, 0) is 11.3 Å². The summed E-state index contributed by atoms with van der Waals surface area (Å²) in [4.78, 5) is 25.8. The van der Waals surface area contributed by atoms with Gasteiger partial charge < -0.3 is 15.2 Å². The first-order valence-electron chi connectivity index (χ1n) is 12.3. The zero-order valence-electron chi connectivity index (χ0n) is 21.7. The highest BCUT2D eigenvalue weighted by atomic mass is 35.5. The predicted octanol–water partition coefficient (Wildman–Crippen LogP) is 6.49. The summed E-state index contributed by atoms with van der Waals surface area (Å²) in [6.45, 7) is 12.7. The molecule has 196 valence electrons. The molecule has 37 heavy (non-hydrogen) atoms. The number of para-hydroxylation sites is 1. The van der Waals surface area contributed by atoms with E-state index in [2.05, 4.69) is 55.1 Å². The van der Waals surface area contributed by atoms with Gasteiger partial charge in [-0.3, -0.25) is 9.59 Å². The number of thioether (sulfide) groups is 1. The summed E-state index contributed by atoms with van der Waals surface area (Å²) in [5.74, 6) is 0.958. The first-order valence-corrected chi connectivity index (χ1v) is 13.7. The number of amides is 2. The second-order valence-electron chi connectivity index (χ2n) is 9.45. The molecule has 0 aliphatic heterocycles. The van der Waals surface area contributed by atoms with Crippen molar-refractivity contribution in [3.63, 3.8) is 0 Å². The van der Waals surface area contributed by atoms with Crippen molar-refractivity contribution in [2.45, 2.75) is 57.8 Å². The van der Waals surface area contributed by atoms with E-state index >= 15 is 0 Å². The molecule has 3 rings (SSSR count). The zero-order chi connectivity index (χ0) is 26.9. The predicted molar refractivity (Wildman–Crippen MR) is 151 cm³/mol. The Labute approximate surface area is 228 Å². The Kier molecular flexibility index (Phi) is 10.3. The van der Waals surface area contributed by atoms with E-state index in [1.807, 2.05) is 28.8 Å². The van der Waals surface area contributed by atoms with E-state index in [-0.39, 0.29) is 23.5 Å². The number of nitrogens with one attached hydrogen (secondary N) is 2. The Morgan fingerprint density at radius 2 is 1.78 bits per heavy atom. The lowest BCUT2D eigenvalue weighted by atomic mass is 10.0. The van der Waals surface area contributed by atoms with Gasteiger partial charge in [-0.25, -0.2) is 0 Å². The van der Waals surface area contributed by atoms with Gasteiger partial charge >= 0.3 is 0 Å². The lowest BCUT2D eigenvalue weighted by Crippen LogP contribution is -2.32. The molecular formula is C28H34ClN5O2S. The molecule has 0 unspecified atom stereocenters. The van der Waals surface area contributed by atoms with Crippen LogP contribution >= 0.6 is 23.4 Å². The molecule has 0 radical (unpaired) electrons. The maximum Gasteiger partial charge on any atom is 0.253 e. The lowest BCUT2D eigenvalue weighted by molar-refractivity contribution is -0.113. The van der Waals surface area contributed by atoms with Crippen molar-refractivity contribution in [2.24, 2.45) is 5.92 Å². The second-order valence-corrected chi connectivity index (χ2v) is 10.8. The number of aromatic nitrogens is 3. The molecule has 0 bridgehead atoms. The molecule has 2 aromatic carbocycles. The summed E-state index contributed by atoms with van der Waals surface area (Å²) in [6, 6.07) is 14.4. The molecule has 1 atom stereocenters. The topological polar surface area (TPSA) is 88.9 Å². The Bertz CT molecular complexity index is 1240. The van der Waals surface area contributed by atoms with Crippen LogP contribution in [0.2, 0.25) is 5.02 Å². The van der Waals surface area contributed by atoms with Crippen molar-refractivity contribution >= 4 is 40.9 Å². The molecule has 2 N–H and O–H groups in total. The van der Waals surface area contributed by atoms with Crippen LogP contribution in [0.1, 0.15) is 67.8 Å². The lowest BCUT2D eigenvalue weighted by Gasteiger charge is -2.21. The number of carbonyl (C=O) groups excluding carboxylic acids is 2. The van der Waals surface area contributed by atoms with Gasteiger partial charge in [0.05, 0.1) is 22.4 Å². The van der Waals surface area contributed by atoms with E-state index in [0.29, 0.717) is 40.5 Å². The molecule has 7 nitrogen and oxygen atoms in total. The number of hydrogen-bond donors (Lipinski definition) is 2. The van der Waals surface area contributed by atoms with Gasteiger partial charge in [0.25, 0.3) is 5.91 Å². The van der Waals surface area contributed by atoms with Crippen molar-refractivity contribution in [3.05, 3.63) is 83.2 Å². The molecule has 0 spiro atoms. The molecule has 1 heterocycles. The third-order valence-electron chi connectivity index (χ3n) is 5.69. The van der Waals surface area contributed by atoms with Crippen LogP contribution in [0, 0.1) is 5.92 Å². The van der Waals surface area contributed by atoms with Crippen molar-refractivity contribution in [1.29, 1.82) is 0 Å². The van der Waals surface area contributed by atoms with Crippen molar-refractivity contribution < 1.29 is 9.59 Å². The quantitative estimate of drug-likeness (QED) is 0.203. The number of anilines is 1. The smallest absolute Gasteiger partial charge is 0.253 e. The average Bonchev–Trinajstić information content (AvgIpc) is 3.25. The number of halogens is 1. The first-order chi connectivity index (χ1) is 17.7. The highest BCUT2D eigenvalue weighted by Crippen LogP contribution is 2.27. The molecule has 0 aliphatic carbocycles. The minimum absolute atomic E-state index is 0.126. The van der Waals surface area contributed by atoms with E-state index in [1.165, 1.54) is 11.8 Å². The monoisotopic (exact) mass is 539 g/mol. The molecule has 9 heteroatoms. The minimum Gasteiger partial charge on any atom is -0.342 e. The van der Waals surface area contributed by atoms with E-state index in [4.69, 9.17) is 11.6 Å². The normalized spacial score (nSPS) is 12.0. The Balaban J connectivity index is 1.78. The van der Waals surface area contributed by atoms with Crippen LogP contribution in [0.4, 0.5) is 5.69 Å². The van der Waals surface area contributed by atoms with Crippen LogP contribution in [0.5, 0.6) is 0 Å². The molecule has 0 fully saturated rings. The van der Waals surface area contributed by atoms with Crippen molar-refractivity contribution in [3.8, 4) is 0 Å². The van der Waals surface area contributed by atoms with Crippen LogP contribution in [0.15, 0.2) is 66.3 Å². The highest BCUT2D eigenvalue weighted by molar-refractivity contribution is 7.99. The fourth-order valence-corrected chi connectivity index (χ4v) is 4.95. The van der Waals surface area contributed by atoms with Gasteiger partial charge in [0.15, 0.2) is 11.0 Å². The molecule has 0 aliphatic rings. The van der Waals surface area contributed by atoms with Gasteiger partial charge in [0.2, 0.25) is 5.91 Å². The summed E-state index contributed by atoms with van der Waals surface area (Å²) >= 11 is 7.55. The summed E-state index contributed by atoms with van der Waals surface area (Å²) in [6.07, 6.45) is 2.40. The van der Waals surface area contributed by atoms with Gasteiger partial charge in [-0.1, -0.05) is 87.5 Å². The maximum atomic E-state index is 13.0. The molecular weight excluding hydrogens is 506 g/mol. The Morgan fingerprint density at radius 3 is 2.46 bits per heavy atom. The van der Waals surface area contributed by atoms with E-state index in [1.54, 1.807) is 30.3 Å². The summed E-state index contributed by atoms with van der Waals surface area (Å²) in [7, 11) is 0. The van der Waals surface area contributed by atoms with Crippen LogP contribution in [0.3, 0.4) is 0 Å². The third-order valence-corrected chi connectivity index (χ3v) is 6.99. The second kappa shape index (κ2) is 13.4. The average molecular weight is 540 g/mol. The summed E-state index contributed by atoms with van der Waals surface area (Å²) in [5, 5.41) is 15.8. The number of allylic oxidation sites excluding steroid dienone is 1. The van der Waals surface area contributed by atoms with Gasteiger partial charge in [0, 0.05) is 12.2 Å². The van der Waals surface area contributed by atoms with Crippen LogP contribution in [-0.4, -0.2) is 32.3 Å². The maximum absolute atomic E-state index is 13.0. The number of rotatable bonds is 12. The van der Waals surface area contributed by atoms with Gasteiger partial charge in [-0.05, 0) is 42.0 Å². The zero-order valence-corrected chi connectivity index (χ0v) is 23.3. The van der Waals surface area contributed by atoms with E-state index in [9.17, 15) is 9.59 Å². The highest BCUT2D eigenvalue weighted by Gasteiger charge is 2.25. The largest absolute Gasteiger partial charge is 0.342 e. The van der Waals surface area contributed by atoms with Crippen molar-refractivity contribution in [2.75, 3.05) is 11.1 Å². The Morgan fingerprint density at radius 1 is 1.08 bits per heavy atom. The Hall–Kier alpha value is -3.10. The molecule has 1 aromatic heterocycles. The van der Waals surface area contributed by atoms with Gasteiger partial charge in [0.1, 0.15) is 0 Å². The fraction of sp³-hybridized carbons (Fsp3) is 0.357.